The van der Waals surface area contributed by atoms with E-state index in [-0.39, 0.29) is 22.5 Å². The lowest BCUT2D eigenvalue weighted by Gasteiger charge is -2.21. The van der Waals surface area contributed by atoms with Gasteiger partial charge < -0.3 is 0 Å². The average Bonchev–Trinajstić information content (AvgIpc) is 3.33. The van der Waals surface area contributed by atoms with Crippen LogP contribution < -0.4 is 0 Å². The molecule has 0 amide bonds. The van der Waals surface area contributed by atoms with Crippen LogP contribution in [0.25, 0.3) is 53.5 Å². The van der Waals surface area contributed by atoms with E-state index in [1.54, 1.807) is 36.4 Å². The lowest BCUT2D eigenvalue weighted by atomic mass is 9.92. The lowest BCUT2D eigenvalue weighted by molar-refractivity contribution is -0.163. The molecule has 0 radical (unpaired) electrons. The van der Waals surface area contributed by atoms with E-state index in [4.69, 9.17) is 0 Å². The van der Waals surface area contributed by atoms with Crippen LogP contribution in [0, 0.1) is 0 Å². The number of hydrogen-bond donors (Lipinski definition) is 0. The van der Waals surface area contributed by atoms with Gasteiger partial charge in [0.25, 0.3) is 0 Å². The molecule has 2 aromatic heterocycles. The van der Waals surface area contributed by atoms with Crippen molar-refractivity contribution in [1.82, 2.24) is 10.2 Å². The monoisotopic (exact) mass is 592 g/mol. The number of thiophene rings is 1. The standard InChI is InChI=1S/C29H13F9N2S/c30-27(31,32)20-13-22(29(36,37)38)21(28(33,34)35)12-19(20)25-17-9-14-5-1-2-6-15(14)10-18(17)26(40-39-25)24-11-16-7-3-4-8-23(16)41-24/h1-13H. The Balaban J connectivity index is 1.73. The molecule has 12 heteroatoms. The van der Waals surface area contributed by atoms with Crippen molar-refractivity contribution in [2.45, 2.75) is 18.5 Å². The van der Waals surface area contributed by atoms with Crippen LogP contribution in [-0.2, 0) is 18.5 Å². The molecular formula is C29H13F9N2S. The molecule has 6 rings (SSSR count). The fourth-order valence-corrected chi connectivity index (χ4v) is 5.88. The number of rotatable bonds is 2. The van der Waals surface area contributed by atoms with Gasteiger partial charge in [0.15, 0.2) is 0 Å². The van der Waals surface area contributed by atoms with Gasteiger partial charge in [0.05, 0.1) is 21.6 Å². The maximum Gasteiger partial charge on any atom is 0.417 e. The van der Waals surface area contributed by atoms with Gasteiger partial charge in [0, 0.05) is 21.0 Å². The number of halogens is 9. The largest absolute Gasteiger partial charge is 0.417 e. The summed E-state index contributed by atoms with van der Waals surface area (Å²) in [5, 5.41) is 10.4. The SMILES string of the molecule is FC(F)(F)c1cc(C(F)(F)F)c(C(F)(F)F)cc1-c1nnc(-c2cc3ccccc3s2)c2cc3ccccc3cc12. The normalized spacial score (nSPS) is 13.0. The number of aromatic nitrogens is 2. The Bertz CT molecular complexity index is 1940. The van der Waals surface area contributed by atoms with Gasteiger partial charge in [-0.1, -0.05) is 42.5 Å². The zero-order valence-corrected chi connectivity index (χ0v) is 21.0. The Labute approximate surface area is 228 Å². The Hall–Kier alpha value is -4.19. The molecule has 0 aliphatic rings. The molecule has 0 bridgehead atoms. The third kappa shape index (κ3) is 4.75. The highest BCUT2D eigenvalue weighted by atomic mass is 32.1. The van der Waals surface area contributed by atoms with E-state index >= 15 is 0 Å². The highest BCUT2D eigenvalue weighted by Gasteiger charge is 2.47. The minimum atomic E-state index is -5.70. The first-order valence-electron chi connectivity index (χ1n) is 11.8. The summed E-state index contributed by atoms with van der Waals surface area (Å²) < 4.78 is 125. The maximum atomic E-state index is 14.2. The maximum absolute atomic E-state index is 14.2. The predicted molar refractivity (Wildman–Crippen MR) is 138 cm³/mol. The summed E-state index contributed by atoms with van der Waals surface area (Å²) in [6.07, 6.45) is -16.7. The van der Waals surface area contributed by atoms with Crippen molar-refractivity contribution in [3.63, 3.8) is 0 Å². The van der Waals surface area contributed by atoms with Crippen LogP contribution in [0.15, 0.2) is 78.9 Å². The molecule has 2 heterocycles. The van der Waals surface area contributed by atoms with Crippen LogP contribution in [0.3, 0.4) is 0 Å². The summed E-state index contributed by atoms with van der Waals surface area (Å²) in [6.45, 7) is 0. The number of hydrogen-bond acceptors (Lipinski definition) is 3. The molecule has 0 N–H and O–H groups in total. The van der Waals surface area contributed by atoms with E-state index in [2.05, 4.69) is 10.2 Å². The van der Waals surface area contributed by atoms with Gasteiger partial charge in [-0.2, -0.15) is 39.5 Å². The molecule has 0 aliphatic carbocycles. The molecule has 0 aliphatic heterocycles. The molecule has 0 saturated carbocycles. The first kappa shape index (κ1) is 27.0. The van der Waals surface area contributed by atoms with Gasteiger partial charge >= 0.3 is 18.5 Å². The summed E-state index contributed by atoms with van der Waals surface area (Å²) >= 11 is 1.33. The fourth-order valence-electron chi connectivity index (χ4n) is 4.82. The van der Waals surface area contributed by atoms with Crippen LogP contribution in [0.5, 0.6) is 0 Å². The van der Waals surface area contributed by atoms with Crippen LogP contribution >= 0.6 is 11.3 Å². The van der Waals surface area contributed by atoms with E-state index < -0.39 is 52.5 Å². The first-order chi connectivity index (χ1) is 19.2. The van der Waals surface area contributed by atoms with Crippen molar-refractivity contribution < 1.29 is 39.5 Å². The number of nitrogens with zero attached hydrogens (tertiary/aromatic N) is 2. The molecule has 208 valence electrons. The Morgan fingerprint density at radius 3 is 1.54 bits per heavy atom. The molecule has 0 unspecified atom stereocenters. The molecule has 41 heavy (non-hydrogen) atoms. The second-order valence-corrected chi connectivity index (χ2v) is 10.3. The average molecular weight is 592 g/mol. The highest BCUT2D eigenvalue weighted by Crippen LogP contribution is 2.48. The molecule has 0 fully saturated rings. The van der Waals surface area contributed by atoms with Crippen molar-refractivity contribution >= 4 is 43.0 Å². The molecule has 0 saturated heterocycles. The summed E-state index contributed by atoms with van der Waals surface area (Å²) in [7, 11) is 0. The summed E-state index contributed by atoms with van der Waals surface area (Å²) in [5.74, 6) is 0. The van der Waals surface area contributed by atoms with Crippen LogP contribution in [-0.4, -0.2) is 10.2 Å². The predicted octanol–water partition coefficient (Wildman–Crippen LogP) is 10.4. The second kappa shape index (κ2) is 9.16. The Morgan fingerprint density at radius 2 is 0.976 bits per heavy atom. The lowest BCUT2D eigenvalue weighted by Crippen LogP contribution is -2.20. The fraction of sp³-hybridized carbons (Fsp3) is 0.103. The highest BCUT2D eigenvalue weighted by molar-refractivity contribution is 7.22. The number of alkyl halides is 9. The summed E-state index contributed by atoms with van der Waals surface area (Å²) in [5.41, 5.74) is -8.11. The van der Waals surface area contributed by atoms with E-state index in [0.29, 0.717) is 15.6 Å². The minimum absolute atomic E-state index is 0.00420. The van der Waals surface area contributed by atoms with E-state index in [0.717, 1.165) is 10.1 Å². The Kier molecular flexibility index (Phi) is 6.04. The molecule has 4 aromatic carbocycles. The van der Waals surface area contributed by atoms with Gasteiger partial charge in [-0.25, -0.2) is 0 Å². The van der Waals surface area contributed by atoms with Crippen molar-refractivity contribution in [3.8, 4) is 21.8 Å². The topological polar surface area (TPSA) is 25.8 Å². The molecular weight excluding hydrogens is 579 g/mol. The second-order valence-electron chi connectivity index (χ2n) is 9.23. The van der Waals surface area contributed by atoms with Gasteiger partial charge in [-0.3, -0.25) is 0 Å². The van der Waals surface area contributed by atoms with E-state index in [1.165, 1.54) is 17.4 Å². The number of fused-ring (bicyclic) bond motifs is 3. The van der Waals surface area contributed by atoms with Crippen molar-refractivity contribution in [2.24, 2.45) is 0 Å². The molecule has 2 nitrogen and oxygen atoms in total. The van der Waals surface area contributed by atoms with E-state index in [1.807, 2.05) is 24.3 Å². The van der Waals surface area contributed by atoms with Gasteiger partial charge in [0.2, 0.25) is 0 Å². The zero-order valence-electron chi connectivity index (χ0n) is 20.2. The van der Waals surface area contributed by atoms with Crippen molar-refractivity contribution in [3.05, 3.63) is 95.6 Å². The quantitative estimate of drug-likeness (QED) is 0.148. The molecule has 0 atom stereocenters. The molecule has 6 aromatic rings. The van der Waals surface area contributed by atoms with Gasteiger partial charge in [0.1, 0.15) is 11.4 Å². The first-order valence-corrected chi connectivity index (χ1v) is 12.6. The van der Waals surface area contributed by atoms with Crippen molar-refractivity contribution in [1.29, 1.82) is 0 Å². The van der Waals surface area contributed by atoms with Gasteiger partial charge in [-0.15, -0.1) is 21.5 Å². The van der Waals surface area contributed by atoms with Crippen LogP contribution in [0.2, 0.25) is 0 Å². The smallest absolute Gasteiger partial charge is 0.166 e. The minimum Gasteiger partial charge on any atom is -0.166 e. The summed E-state index contributed by atoms with van der Waals surface area (Å²) in [4.78, 5) is 0.602. The van der Waals surface area contributed by atoms with Crippen molar-refractivity contribution in [2.75, 3.05) is 0 Å². The Morgan fingerprint density at radius 1 is 0.488 bits per heavy atom. The van der Waals surface area contributed by atoms with Crippen LogP contribution in [0.4, 0.5) is 39.5 Å². The van der Waals surface area contributed by atoms with Crippen LogP contribution in [0.1, 0.15) is 16.7 Å². The van der Waals surface area contributed by atoms with Gasteiger partial charge in [-0.05, 0) is 52.6 Å². The zero-order chi connectivity index (χ0) is 29.3. The molecule has 0 spiro atoms. The summed E-state index contributed by atoms with van der Waals surface area (Å²) in [6, 6.07) is 18.4. The van der Waals surface area contributed by atoms with E-state index in [9.17, 15) is 39.5 Å². The third-order valence-corrected chi connectivity index (χ3v) is 7.76. The number of benzene rings is 4. The third-order valence-electron chi connectivity index (χ3n) is 6.63.